The van der Waals surface area contributed by atoms with Gasteiger partial charge in [-0.3, -0.25) is 4.79 Å². The molecule has 0 amide bonds. The monoisotopic (exact) mass is 209 g/mol. The molecule has 15 heavy (non-hydrogen) atoms. The standard InChI is InChI=1S/C11H15NO3/c1-8-2-4-9(5-3-8)6-11(12,7-13)10(14)15/h2-5,13H,6-7,12H2,1H3,(H,14,15)/t11-/m0/s1. The number of carboxylic acid groups (broad SMARTS) is 1. The van der Waals surface area contributed by atoms with Gasteiger partial charge >= 0.3 is 5.97 Å². The molecular formula is C11H15NO3. The highest BCUT2D eigenvalue weighted by Gasteiger charge is 2.33. The van der Waals surface area contributed by atoms with Crippen LogP contribution in [-0.2, 0) is 11.2 Å². The second-order valence-corrected chi connectivity index (χ2v) is 3.78. The lowest BCUT2D eigenvalue weighted by Gasteiger charge is -2.21. The van der Waals surface area contributed by atoms with Crippen LogP contribution in [-0.4, -0.2) is 28.3 Å². The predicted molar refractivity (Wildman–Crippen MR) is 56.5 cm³/mol. The van der Waals surface area contributed by atoms with E-state index in [1.807, 2.05) is 31.2 Å². The Morgan fingerprint density at radius 1 is 1.40 bits per heavy atom. The molecule has 0 bridgehead atoms. The molecular weight excluding hydrogens is 194 g/mol. The molecule has 1 aromatic rings. The predicted octanol–water partition coefficient (Wildman–Crippen LogP) is 0.312. The van der Waals surface area contributed by atoms with Crippen LogP contribution in [0.4, 0.5) is 0 Å². The minimum atomic E-state index is -1.59. The van der Waals surface area contributed by atoms with Gasteiger partial charge in [0.2, 0.25) is 0 Å². The second-order valence-electron chi connectivity index (χ2n) is 3.78. The number of aliphatic carboxylic acids is 1. The molecule has 0 aliphatic rings. The van der Waals surface area contributed by atoms with E-state index >= 15 is 0 Å². The van der Waals surface area contributed by atoms with Crippen LogP contribution in [0, 0.1) is 6.92 Å². The summed E-state index contributed by atoms with van der Waals surface area (Å²) in [5.74, 6) is -1.19. The van der Waals surface area contributed by atoms with Crippen molar-refractivity contribution in [1.82, 2.24) is 0 Å². The van der Waals surface area contributed by atoms with Crippen molar-refractivity contribution in [3.63, 3.8) is 0 Å². The Bertz CT molecular complexity index is 347. The van der Waals surface area contributed by atoms with Crippen molar-refractivity contribution >= 4 is 5.97 Å². The van der Waals surface area contributed by atoms with Gasteiger partial charge in [-0.1, -0.05) is 29.8 Å². The van der Waals surface area contributed by atoms with Gasteiger partial charge in [-0.25, -0.2) is 0 Å². The number of aryl methyl sites for hydroxylation is 1. The highest BCUT2D eigenvalue weighted by atomic mass is 16.4. The smallest absolute Gasteiger partial charge is 0.326 e. The Morgan fingerprint density at radius 2 is 1.93 bits per heavy atom. The summed E-state index contributed by atoms with van der Waals surface area (Å²) < 4.78 is 0. The zero-order chi connectivity index (χ0) is 11.5. The van der Waals surface area contributed by atoms with E-state index in [9.17, 15) is 4.79 Å². The quantitative estimate of drug-likeness (QED) is 0.666. The number of nitrogens with two attached hydrogens (primary N) is 1. The summed E-state index contributed by atoms with van der Waals surface area (Å²) in [4.78, 5) is 10.8. The summed E-state index contributed by atoms with van der Waals surface area (Å²) in [6.45, 7) is 1.37. The van der Waals surface area contributed by atoms with Crippen molar-refractivity contribution < 1.29 is 15.0 Å². The zero-order valence-corrected chi connectivity index (χ0v) is 8.60. The largest absolute Gasteiger partial charge is 0.480 e. The number of rotatable bonds is 4. The fourth-order valence-corrected chi connectivity index (χ4v) is 1.27. The summed E-state index contributed by atoms with van der Waals surface area (Å²) in [6.07, 6.45) is 0.124. The molecule has 1 atom stereocenters. The molecule has 4 heteroatoms. The minimum absolute atomic E-state index is 0.124. The van der Waals surface area contributed by atoms with Crippen molar-refractivity contribution in [2.24, 2.45) is 5.73 Å². The summed E-state index contributed by atoms with van der Waals surface area (Å²) in [6, 6.07) is 7.40. The number of aliphatic hydroxyl groups is 1. The number of benzene rings is 1. The van der Waals surface area contributed by atoms with Crippen LogP contribution in [0.1, 0.15) is 11.1 Å². The first-order valence-corrected chi connectivity index (χ1v) is 4.66. The van der Waals surface area contributed by atoms with Crippen LogP contribution in [0.15, 0.2) is 24.3 Å². The van der Waals surface area contributed by atoms with Crippen molar-refractivity contribution in [2.45, 2.75) is 18.9 Å². The lowest BCUT2D eigenvalue weighted by Crippen LogP contribution is -2.53. The third-order valence-corrected chi connectivity index (χ3v) is 2.35. The van der Waals surface area contributed by atoms with Crippen molar-refractivity contribution in [3.8, 4) is 0 Å². The van der Waals surface area contributed by atoms with Crippen LogP contribution in [0.5, 0.6) is 0 Å². The summed E-state index contributed by atoms with van der Waals surface area (Å²) >= 11 is 0. The van der Waals surface area contributed by atoms with Gasteiger partial charge in [0, 0.05) is 6.42 Å². The summed E-state index contributed by atoms with van der Waals surface area (Å²) in [7, 11) is 0. The molecule has 0 unspecified atom stereocenters. The van der Waals surface area contributed by atoms with E-state index in [1.165, 1.54) is 0 Å². The maximum absolute atomic E-state index is 10.8. The van der Waals surface area contributed by atoms with E-state index in [0.717, 1.165) is 11.1 Å². The second kappa shape index (κ2) is 4.42. The van der Waals surface area contributed by atoms with Gasteiger partial charge < -0.3 is 15.9 Å². The number of aliphatic hydroxyl groups excluding tert-OH is 1. The Hall–Kier alpha value is -1.39. The zero-order valence-electron chi connectivity index (χ0n) is 8.60. The van der Waals surface area contributed by atoms with Crippen LogP contribution in [0.2, 0.25) is 0 Å². The van der Waals surface area contributed by atoms with Crippen LogP contribution in [0.3, 0.4) is 0 Å². The SMILES string of the molecule is Cc1ccc(C[C@](N)(CO)C(=O)O)cc1. The number of carbonyl (C=O) groups is 1. The molecule has 4 nitrogen and oxygen atoms in total. The van der Waals surface area contributed by atoms with E-state index in [1.54, 1.807) is 0 Å². The first-order chi connectivity index (χ1) is 6.98. The topological polar surface area (TPSA) is 83.5 Å². The lowest BCUT2D eigenvalue weighted by atomic mass is 9.92. The molecule has 0 saturated heterocycles. The molecule has 82 valence electrons. The highest BCUT2D eigenvalue weighted by Crippen LogP contribution is 2.12. The third kappa shape index (κ3) is 2.78. The molecule has 0 saturated carbocycles. The molecule has 1 aromatic carbocycles. The average Bonchev–Trinajstić information content (AvgIpc) is 2.21. The fourth-order valence-electron chi connectivity index (χ4n) is 1.27. The molecule has 0 aromatic heterocycles. The summed E-state index contributed by atoms with van der Waals surface area (Å²) in [5.41, 5.74) is 5.88. The Kier molecular flexibility index (Phi) is 3.44. The third-order valence-electron chi connectivity index (χ3n) is 2.35. The van der Waals surface area contributed by atoms with E-state index in [-0.39, 0.29) is 6.42 Å². The van der Waals surface area contributed by atoms with E-state index < -0.39 is 18.1 Å². The van der Waals surface area contributed by atoms with Gasteiger partial charge in [-0.05, 0) is 12.5 Å². The van der Waals surface area contributed by atoms with E-state index in [0.29, 0.717) is 0 Å². The molecule has 4 N–H and O–H groups in total. The van der Waals surface area contributed by atoms with E-state index in [2.05, 4.69) is 0 Å². The average molecular weight is 209 g/mol. The Morgan fingerprint density at radius 3 is 2.33 bits per heavy atom. The van der Waals surface area contributed by atoms with Crippen molar-refractivity contribution in [3.05, 3.63) is 35.4 Å². The molecule has 0 aliphatic heterocycles. The first-order valence-electron chi connectivity index (χ1n) is 4.66. The highest BCUT2D eigenvalue weighted by molar-refractivity contribution is 5.79. The van der Waals surface area contributed by atoms with Gasteiger partial charge in [0.1, 0.15) is 5.54 Å². The van der Waals surface area contributed by atoms with Crippen molar-refractivity contribution in [2.75, 3.05) is 6.61 Å². The van der Waals surface area contributed by atoms with E-state index in [4.69, 9.17) is 15.9 Å². The fraction of sp³-hybridized carbons (Fsp3) is 0.364. The summed E-state index contributed by atoms with van der Waals surface area (Å²) in [5, 5.41) is 17.8. The van der Waals surface area contributed by atoms with Crippen molar-refractivity contribution in [1.29, 1.82) is 0 Å². The number of carboxylic acids is 1. The maximum atomic E-state index is 10.8. The minimum Gasteiger partial charge on any atom is -0.480 e. The normalized spacial score (nSPS) is 14.6. The van der Waals surface area contributed by atoms with Gasteiger partial charge in [0.05, 0.1) is 6.61 Å². The molecule has 0 heterocycles. The van der Waals surface area contributed by atoms with Crippen LogP contribution < -0.4 is 5.73 Å². The Balaban J connectivity index is 2.84. The van der Waals surface area contributed by atoms with Crippen LogP contribution in [0.25, 0.3) is 0 Å². The number of hydrogen-bond acceptors (Lipinski definition) is 3. The molecule has 0 fully saturated rings. The van der Waals surface area contributed by atoms with Gasteiger partial charge in [-0.15, -0.1) is 0 Å². The molecule has 0 radical (unpaired) electrons. The number of hydrogen-bond donors (Lipinski definition) is 3. The molecule has 1 rings (SSSR count). The molecule has 0 aliphatic carbocycles. The van der Waals surface area contributed by atoms with Gasteiger partial charge in [0.25, 0.3) is 0 Å². The molecule has 0 spiro atoms. The first kappa shape index (κ1) is 11.7. The maximum Gasteiger partial charge on any atom is 0.326 e. The van der Waals surface area contributed by atoms with Gasteiger partial charge in [-0.2, -0.15) is 0 Å². The Labute approximate surface area is 88.3 Å². The van der Waals surface area contributed by atoms with Gasteiger partial charge in [0.15, 0.2) is 0 Å². The lowest BCUT2D eigenvalue weighted by molar-refractivity contribution is -0.144. The van der Waals surface area contributed by atoms with Crippen LogP contribution >= 0.6 is 0 Å².